The van der Waals surface area contributed by atoms with Crippen LogP contribution in [-0.2, 0) is 9.53 Å². The second-order valence-corrected chi connectivity index (χ2v) is 7.86. The molecular formula is C25H24N8O3. The van der Waals surface area contributed by atoms with E-state index < -0.39 is 0 Å². The van der Waals surface area contributed by atoms with Gasteiger partial charge in [0.15, 0.2) is 0 Å². The summed E-state index contributed by atoms with van der Waals surface area (Å²) in [5, 5.41) is 5.95. The minimum atomic E-state index is -0.303. The van der Waals surface area contributed by atoms with E-state index in [2.05, 4.69) is 42.0 Å². The summed E-state index contributed by atoms with van der Waals surface area (Å²) in [6.07, 6.45) is 6.14. The minimum absolute atomic E-state index is 0.303. The van der Waals surface area contributed by atoms with Crippen LogP contribution in [-0.4, -0.2) is 64.2 Å². The molecule has 36 heavy (non-hydrogen) atoms. The molecule has 0 aliphatic carbocycles. The number of nitrogens with zero attached hydrogens (tertiary/aromatic N) is 6. The van der Waals surface area contributed by atoms with Crippen molar-refractivity contribution in [2.24, 2.45) is 0 Å². The Balaban J connectivity index is 1.46. The molecule has 5 heterocycles. The molecule has 2 N–H and O–H groups in total. The molecule has 5 rings (SSSR count). The van der Waals surface area contributed by atoms with E-state index in [1.807, 2.05) is 18.2 Å². The lowest BCUT2D eigenvalue weighted by Crippen LogP contribution is -2.36. The first-order valence-electron chi connectivity index (χ1n) is 11.3. The number of anilines is 4. The van der Waals surface area contributed by atoms with Crippen molar-refractivity contribution in [1.82, 2.24) is 24.9 Å². The number of carbonyl (C=O) groups excluding carboxylic acids is 1. The van der Waals surface area contributed by atoms with E-state index in [1.165, 1.54) is 6.08 Å². The summed E-state index contributed by atoms with van der Waals surface area (Å²) in [5.41, 5.74) is 3.81. The maximum Gasteiger partial charge on any atom is 0.247 e. The number of methoxy groups -OCH3 is 1. The molecule has 0 spiro atoms. The van der Waals surface area contributed by atoms with Crippen molar-refractivity contribution in [3.05, 3.63) is 61.6 Å². The van der Waals surface area contributed by atoms with Gasteiger partial charge in [-0.3, -0.25) is 14.8 Å². The summed E-state index contributed by atoms with van der Waals surface area (Å²) in [6.45, 7) is 6.38. The molecule has 1 amide bonds. The molecule has 0 atom stereocenters. The minimum Gasteiger partial charge on any atom is -0.479 e. The van der Waals surface area contributed by atoms with Gasteiger partial charge in [0.05, 0.1) is 32.2 Å². The molecule has 4 aromatic heterocycles. The quantitative estimate of drug-likeness (QED) is 0.378. The van der Waals surface area contributed by atoms with Crippen molar-refractivity contribution in [3.63, 3.8) is 0 Å². The van der Waals surface area contributed by atoms with Crippen LogP contribution in [0.3, 0.4) is 0 Å². The van der Waals surface area contributed by atoms with Gasteiger partial charge < -0.3 is 25.0 Å². The number of aromatic nitrogens is 5. The maximum atomic E-state index is 11.7. The zero-order chi connectivity index (χ0) is 24.9. The molecule has 1 saturated heterocycles. The van der Waals surface area contributed by atoms with Crippen molar-refractivity contribution in [3.8, 4) is 17.1 Å². The van der Waals surface area contributed by atoms with Gasteiger partial charge in [0, 0.05) is 36.7 Å². The topological polar surface area (TPSA) is 127 Å². The highest BCUT2D eigenvalue weighted by atomic mass is 16.5. The SMILES string of the molecule is C=CC(=O)Nc1ccnc(-c2ccnc3cnc(Nc4ccc(N5CCOCC5)nc4OC)nc23)c1. The summed E-state index contributed by atoms with van der Waals surface area (Å²) >= 11 is 0. The first-order valence-corrected chi connectivity index (χ1v) is 11.3. The molecule has 1 aliphatic rings. The maximum absolute atomic E-state index is 11.7. The van der Waals surface area contributed by atoms with Gasteiger partial charge in [-0.05, 0) is 36.4 Å². The predicted molar refractivity (Wildman–Crippen MR) is 136 cm³/mol. The number of morpholine rings is 1. The number of pyridine rings is 3. The normalized spacial score (nSPS) is 13.3. The van der Waals surface area contributed by atoms with Gasteiger partial charge in [-0.1, -0.05) is 6.58 Å². The molecule has 0 saturated carbocycles. The zero-order valence-electron chi connectivity index (χ0n) is 19.6. The Bertz CT molecular complexity index is 1420. The van der Waals surface area contributed by atoms with E-state index in [0.29, 0.717) is 53.1 Å². The standard InChI is InChI=1S/C25H24N8O3/c1-3-22(34)29-16-6-8-26-19(14-16)17-7-9-27-20-15-28-25(32-23(17)20)30-18-4-5-21(31-24(18)35-2)33-10-12-36-13-11-33/h3-9,14-15H,1,10-13H2,2H3,(H,26,29,34)(H,28,30,32). The van der Waals surface area contributed by atoms with E-state index in [1.54, 1.807) is 37.8 Å². The van der Waals surface area contributed by atoms with Crippen molar-refractivity contribution in [2.45, 2.75) is 0 Å². The third kappa shape index (κ3) is 4.91. The lowest BCUT2D eigenvalue weighted by molar-refractivity contribution is -0.111. The van der Waals surface area contributed by atoms with Crippen LogP contribution >= 0.6 is 0 Å². The molecule has 0 bridgehead atoms. The number of nitrogens with one attached hydrogen (secondary N) is 2. The Hall–Kier alpha value is -4.64. The van der Waals surface area contributed by atoms with E-state index in [4.69, 9.17) is 14.5 Å². The average Bonchev–Trinajstić information content (AvgIpc) is 2.93. The lowest BCUT2D eigenvalue weighted by atomic mass is 10.1. The van der Waals surface area contributed by atoms with Crippen molar-refractivity contribution in [1.29, 1.82) is 0 Å². The summed E-state index contributed by atoms with van der Waals surface area (Å²) < 4.78 is 11.0. The predicted octanol–water partition coefficient (Wildman–Crippen LogP) is 3.20. The fourth-order valence-corrected chi connectivity index (χ4v) is 3.83. The summed E-state index contributed by atoms with van der Waals surface area (Å²) in [5.74, 6) is 1.30. The molecular weight excluding hydrogens is 460 g/mol. The highest BCUT2D eigenvalue weighted by molar-refractivity contribution is 5.99. The fraction of sp³-hybridized carbons (Fsp3) is 0.200. The zero-order valence-corrected chi connectivity index (χ0v) is 19.6. The van der Waals surface area contributed by atoms with Crippen LogP contribution in [0.25, 0.3) is 22.3 Å². The molecule has 0 aromatic carbocycles. The first-order chi connectivity index (χ1) is 17.6. The van der Waals surface area contributed by atoms with Crippen LogP contribution in [0.1, 0.15) is 0 Å². The van der Waals surface area contributed by atoms with Crippen LogP contribution < -0.4 is 20.3 Å². The van der Waals surface area contributed by atoms with Gasteiger partial charge in [0.1, 0.15) is 22.5 Å². The molecule has 11 nitrogen and oxygen atoms in total. The van der Waals surface area contributed by atoms with E-state index in [0.717, 1.165) is 24.5 Å². The number of carbonyl (C=O) groups is 1. The molecule has 4 aromatic rings. The molecule has 1 fully saturated rings. The van der Waals surface area contributed by atoms with Gasteiger partial charge in [0.25, 0.3) is 0 Å². The third-order valence-electron chi connectivity index (χ3n) is 5.59. The number of hydrogen-bond donors (Lipinski definition) is 2. The Morgan fingerprint density at radius 1 is 1.11 bits per heavy atom. The molecule has 0 radical (unpaired) electrons. The molecule has 11 heteroatoms. The summed E-state index contributed by atoms with van der Waals surface area (Å²) in [6, 6.07) is 9.11. The number of rotatable bonds is 7. The van der Waals surface area contributed by atoms with Gasteiger partial charge in [-0.25, -0.2) is 9.97 Å². The number of hydrogen-bond acceptors (Lipinski definition) is 10. The second kappa shape index (κ2) is 10.3. The van der Waals surface area contributed by atoms with Crippen LogP contribution in [0.4, 0.5) is 23.1 Å². The average molecular weight is 485 g/mol. The van der Waals surface area contributed by atoms with Crippen molar-refractivity contribution in [2.75, 3.05) is 48.9 Å². The Kier molecular flexibility index (Phi) is 6.63. The van der Waals surface area contributed by atoms with Crippen LogP contribution in [0.2, 0.25) is 0 Å². The van der Waals surface area contributed by atoms with Crippen molar-refractivity contribution < 1.29 is 14.3 Å². The van der Waals surface area contributed by atoms with Crippen LogP contribution in [0, 0.1) is 0 Å². The summed E-state index contributed by atoms with van der Waals surface area (Å²) in [7, 11) is 1.57. The van der Waals surface area contributed by atoms with Gasteiger partial charge >= 0.3 is 0 Å². The first kappa shape index (κ1) is 23.1. The molecule has 1 aliphatic heterocycles. The summed E-state index contributed by atoms with van der Waals surface area (Å²) in [4.78, 5) is 36.5. The van der Waals surface area contributed by atoms with Gasteiger partial charge in [-0.15, -0.1) is 0 Å². The molecule has 182 valence electrons. The van der Waals surface area contributed by atoms with Crippen molar-refractivity contribution >= 4 is 40.1 Å². The smallest absolute Gasteiger partial charge is 0.247 e. The number of amides is 1. The Labute approximate surface area is 207 Å². The second-order valence-electron chi connectivity index (χ2n) is 7.86. The lowest BCUT2D eigenvalue weighted by Gasteiger charge is -2.28. The largest absolute Gasteiger partial charge is 0.479 e. The van der Waals surface area contributed by atoms with Gasteiger partial charge in [-0.2, -0.15) is 4.98 Å². The third-order valence-corrected chi connectivity index (χ3v) is 5.59. The monoisotopic (exact) mass is 484 g/mol. The van der Waals surface area contributed by atoms with Gasteiger partial charge in [0.2, 0.25) is 17.7 Å². The Morgan fingerprint density at radius 2 is 1.94 bits per heavy atom. The van der Waals surface area contributed by atoms with E-state index in [-0.39, 0.29) is 5.91 Å². The number of fused-ring (bicyclic) bond motifs is 1. The van der Waals surface area contributed by atoms with Crippen LogP contribution in [0.5, 0.6) is 5.88 Å². The highest BCUT2D eigenvalue weighted by Gasteiger charge is 2.16. The highest BCUT2D eigenvalue weighted by Crippen LogP contribution is 2.30. The number of ether oxygens (including phenoxy) is 2. The van der Waals surface area contributed by atoms with E-state index in [9.17, 15) is 4.79 Å². The van der Waals surface area contributed by atoms with E-state index >= 15 is 0 Å². The molecule has 0 unspecified atom stereocenters. The van der Waals surface area contributed by atoms with Crippen LogP contribution in [0.15, 0.2) is 61.6 Å². The Morgan fingerprint density at radius 3 is 2.75 bits per heavy atom. The fourth-order valence-electron chi connectivity index (χ4n) is 3.83.